The molecule has 2 aromatic carbocycles. The molecule has 134 valence electrons. The molecule has 1 N–H and O–H groups in total. The van der Waals surface area contributed by atoms with Crippen molar-refractivity contribution >= 4 is 21.6 Å². The minimum Gasteiger partial charge on any atom is -0.325 e. The van der Waals surface area contributed by atoms with Crippen molar-refractivity contribution < 1.29 is 22.0 Å². The van der Waals surface area contributed by atoms with E-state index in [0.29, 0.717) is 11.1 Å². The summed E-state index contributed by atoms with van der Waals surface area (Å²) in [6.45, 7) is 1.18. The maximum atomic E-state index is 13.3. The zero-order chi connectivity index (χ0) is 18.6. The number of carbonyl (C=O) groups is 1. The van der Waals surface area contributed by atoms with Crippen molar-refractivity contribution in [3.05, 3.63) is 65.2 Å². The lowest BCUT2D eigenvalue weighted by atomic mass is 10.2. The summed E-state index contributed by atoms with van der Waals surface area (Å²) in [6, 6.07) is 9.26. The van der Waals surface area contributed by atoms with Gasteiger partial charge in [0.05, 0.1) is 12.8 Å². The van der Waals surface area contributed by atoms with E-state index in [1.165, 1.54) is 36.4 Å². The van der Waals surface area contributed by atoms with Crippen LogP contribution in [-0.4, -0.2) is 31.4 Å². The third-order valence-electron chi connectivity index (χ3n) is 3.53. The number of sulfonamides is 1. The number of nitrogens with zero attached hydrogens (tertiary/aromatic N) is 1. The zero-order valence-electron chi connectivity index (χ0n) is 13.8. The minimum atomic E-state index is -3.67. The van der Waals surface area contributed by atoms with Crippen molar-refractivity contribution in [2.75, 3.05) is 18.1 Å². The standard InChI is InChI=1S/C17H18F2N2O3S/c1-12-3-6-15(19)9-16(12)20-17(22)11-21(25(2,23)24)10-13-4-7-14(18)8-5-13/h3-9H,10-11H2,1-2H3,(H,20,22). The molecule has 8 heteroatoms. The van der Waals surface area contributed by atoms with E-state index < -0.39 is 34.1 Å². The Morgan fingerprint density at radius 3 is 2.28 bits per heavy atom. The van der Waals surface area contributed by atoms with Gasteiger partial charge in [0.1, 0.15) is 11.6 Å². The fourth-order valence-corrected chi connectivity index (χ4v) is 2.90. The van der Waals surface area contributed by atoms with Gasteiger partial charge in [-0.3, -0.25) is 4.79 Å². The van der Waals surface area contributed by atoms with E-state index in [1.54, 1.807) is 6.92 Å². The van der Waals surface area contributed by atoms with E-state index in [2.05, 4.69) is 5.32 Å². The Hall–Kier alpha value is -2.32. The van der Waals surface area contributed by atoms with Gasteiger partial charge in [0, 0.05) is 12.2 Å². The Kier molecular flexibility index (Phi) is 5.86. The largest absolute Gasteiger partial charge is 0.325 e. The molecule has 0 saturated heterocycles. The first-order valence-electron chi connectivity index (χ1n) is 7.41. The number of nitrogens with one attached hydrogen (secondary N) is 1. The van der Waals surface area contributed by atoms with E-state index in [9.17, 15) is 22.0 Å². The Morgan fingerprint density at radius 2 is 1.68 bits per heavy atom. The molecule has 0 heterocycles. The fraction of sp³-hybridized carbons (Fsp3) is 0.235. The molecule has 25 heavy (non-hydrogen) atoms. The second-order valence-corrected chi connectivity index (χ2v) is 7.65. The molecule has 0 fully saturated rings. The summed E-state index contributed by atoms with van der Waals surface area (Å²) >= 11 is 0. The van der Waals surface area contributed by atoms with Gasteiger partial charge in [-0.15, -0.1) is 0 Å². The van der Waals surface area contributed by atoms with Gasteiger partial charge in [-0.05, 0) is 42.3 Å². The van der Waals surface area contributed by atoms with Gasteiger partial charge >= 0.3 is 0 Å². The summed E-state index contributed by atoms with van der Waals surface area (Å²) in [7, 11) is -3.67. The van der Waals surface area contributed by atoms with Crippen molar-refractivity contribution in [1.29, 1.82) is 0 Å². The predicted molar refractivity (Wildman–Crippen MR) is 91.4 cm³/mol. The van der Waals surface area contributed by atoms with Crippen LogP contribution in [0.15, 0.2) is 42.5 Å². The molecule has 0 unspecified atom stereocenters. The normalized spacial score (nSPS) is 11.6. The quantitative estimate of drug-likeness (QED) is 0.853. The molecule has 1 amide bonds. The summed E-state index contributed by atoms with van der Waals surface area (Å²) < 4.78 is 51.0. The number of hydrogen-bond acceptors (Lipinski definition) is 3. The summed E-state index contributed by atoms with van der Waals surface area (Å²) in [4.78, 5) is 12.2. The highest BCUT2D eigenvalue weighted by Crippen LogP contribution is 2.16. The predicted octanol–water partition coefficient (Wildman–Crippen LogP) is 2.67. The zero-order valence-corrected chi connectivity index (χ0v) is 14.6. The fourth-order valence-electron chi connectivity index (χ4n) is 2.16. The van der Waals surface area contributed by atoms with E-state index >= 15 is 0 Å². The Bertz CT molecular complexity index is 868. The van der Waals surface area contributed by atoms with E-state index in [1.807, 2.05) is 0 Å². The number of aryl methyl sites for hydroxylation is 1. The van der Waals surface area contributed by atoms with Crippen LogP contribution in [0.2, 0.25) is 0 Å². The number of anilines is 1. The molecule has 0 aliphatic carbocycles. The average Bonchev–Trinajstić information content (AvgIpc) is 2.51. The maximum absolute atomic E-state index is 13.3. The van der Waals surface area contributed by atoms with Crippen molar-refractivity contribution in [3.8, 4) is 0 Å². The SMILES string of the molecule is Cc1ccc(F)cc1NC(=O)CN(Cc1ccc(F)cc1)S(C)(=O)=O. The van der Waals surface area contributed by atoms with E-state index in [4.69, 9.17) is 0 Å². The second kappa shape index (κ2) is 7.71. The van der Waals surface area contributed by atoms with Crippen LogP contribution in [0.5, 0.6) is 0 Å². The topological polar surface area (TPSA) is 66.5 Å². The van der Waals surface area contributed by atoms with Crippen molar-refractivity contribution in [2.24, 2.45) is 0 Å². The number of hydrogen-bond donors (Lipinski definition) is 1. The molecule has 2 aromatic rings. The number of amides is 1. The molecule has 2 rings (SSSR count). The number of halogens is 2. The molecule has 0 aromatic heterocycles. The van der Waals surface area contributed by atoms with Crippen molar-refractivity contribution in [1.82, 2.24) is 4.31 Å². The van der Waals surface area contributed by atoms with Crippen molar-refractivity contribution in [3.63, 3.8) is 0 Å². The Balaban J connectivity index is 2.12. The molecule has 5 nitrogen and oxygen atoms in total. The van der Waals surface area contributed by atoms with Crippen LogP contribution in [-0.2, 0) is 21.4 Å². The van der Waals surface area contributed by atoms with Gasteiger partial charge in [-0.25, -0.2) is 17.2 Å². The van der Waals surface area contributed by atoms with Gasteiger partial charge in [0.25, 0.3) is 0 Å². The first kappa shape index (κ1) is 19.0. The van der Waals surface area contributed by atoms with Gasteiger partial charge in [-0.1, -0.05) is 18.2 Å². The lowest BCUT2D eigenvalue weighted by Gasteiger charge is -2.20. The summed E-state index contributed by atoms with van der Waals surface area (Å²) in [5.74, 6) is -1.54. The third kappa shape index (κ3) is 5.61. The molecule has 0 bridgehead atoms. The molecule has 0 aliphatic rings. The highest BCUT2D eigenvalue weighted by Gasteiger charge is 2.21. The van der Waals surface area contributed by atoms with E-state index in [0.717, 1.165) is 16.6 Å². The minimum absolute atomic E-state index is 0.0747. The van der Waals surface area contributed by atoms with Crippen molar-refractivity contribution in [2.45, 2.75) is 13.5 Å². The van der Waals surface area contributed by atoms with Gasteiger partial charge in [0.15, 0.2) is 0 Å². The molecule has 0 radical (unpaired) electrons. The Morgan fingerprint density at radius 1 is 1.08 bits per heavy atom. The number of carbonyl (C=O) groups excluding carboxylic acids is 1. The van der Waals surface area contributed by atoms with Gasteiger partial charge < -0.3 is 5.32 Å². The number of rotatable bonds is 6. The molecule has 0 spiro atoms. The van der Waals surface area contributed by atoms with Gasteiger partial charge in [-0.2, -0.15) is 4.31 Å². The van der Waals surface area contributed by atoms with Crippen LogP contribution >= 0.6 is 0 Å². The third-order valence-corrected chi connectivity index (χ3v) is 4.73. The van der Waals surface area contributed by atoms with Crippen LogP contribution in [0.3, 0.4) is 0 Å². The summed E-state index contributed by atoms with van der Waals surface area (Å²) in [5, 5.41) is 2.50. The lowest BCUT2D eigenvalue weighted by Crippen LogP contribution is -2.37. The maximum Gasteiger partial charge on any atom is 0.239 e. The molecular formula is C17H18F2N2O3S. The highest BCUT2D eigenvalue weighted by molar-refractivity contribution is 7.88. The lowest BCUT2D eigenvalue weighted by molar-refractivity contribution is -0.116. The summed E-state index contributed by atoms with van der Waals surface area (Å²) in [5.41, 5.74) is 1.47. The van der Waals surface area contributed by atoms with Crippen LogP contribution in [0, 0.1) is 18.6 Å². The molecule has 0 aliphatic heterocycles. The number of benzene rings is 2. The van der Waals surface area contributed by atoms with Crippen LogP contribution < -0.4 is 5.32 Å². The first-order valence-corrected chi connectivity index (χ1v) is 9.25. The summed E-state index contributed by atoms with van der Waals surface area (Å²) in [6.07, 6.45) is 0.983. The van der Waals surface area contributed by atoms with E-state index in [-0.39, 0.29) is 12.2 Å². The van der Waals surface area contributed by atoms with Crippen LogP contribution in [0.25, 0.3) is 0 Å². The monoisotopic (exact) mass is 368 g/mol. The average molecular weight is 368 g/mol. The Labute approximate surface area is 145 Å². The second-order valence-electron chi connectivity index (χ2n) is 5.66. The highest BCUT2D eigenvalue weighted by atomic mass is 32.2. The van der Waals surface area contributed by atoms with Crippen LogP contribution in [0.4, 0.5) is 14.5 Å². The molecule has 0 atom stereocenters. The molecular weight excluding hydrogens is 350 g/mol. The first-order chi connectivity index (χ1) is 11.6. The molecule has 0 saturated carbocycles. The van der Waals surface area contributed by atoms with Gasteiger partial charge in [0.2, 0.25) is 15.9 Å². The van der Waals surface area contributed by atoms with Crippen LogP contribution in [0.1, 0.15) is 11.1 Å². The smallest absolute Gasteiger partial charge is 0.239 e.